The Morgan fingerprint density at radius 1 is 1.58 bits per heavy atom. The van der Waals surface area contributed by atoms with Gasteiger partial charge in [0.25, 0.3) is 0 Å². The molecule has 0 aromatic heterocycles. The highest BCUT2D eigenvalue weighted by Crippen LogP contribution is 2.17. The zero-order chi connectivity index (χ0) is 9.14. The third-order valence-corrected chi connectivity index (χ3v) is 1.92. The minimum absolute atomic E-state index is 0.495. The maximum atomic E-state index is 10.9. The molecule has 2 amide bonds. The summed E-state index contributed by atoms with van der Waals surface area (Å²) in [6.45, 7) is 0.495. The first-order valence-electron chi connectivity index (χ1n) is 3.63. The summed E-state index contributed by atoms with van der Waals surface area (Å²) in [5.74, 6) is -0.605. The molecule has 2 N–H and O–H groups in total. The molecule has 1 atom stereocenters. The van der Waals surface area contributed by atoms with Gasteiger partial charge in [0.1, 0.15) is 6.04 Å². The highest BCUT2D eigenvalue weighted by Gasteiger charge is 2.33. The van der Waals surface area contributed by atoms with Crippen molar-refractivity contribution in [2.24, 2.45) is 5.73 Å². The molecular formula is C6H9BN2O3. The number of nitrogens with two attached hydrogens (primary N) is 1. The normalized spacial score (nSPS) is 22.3. The van der Waals surface area contributed by atoms with Crippen LogP contribution in [0.4, 0.5) is 4.79 Å². The van der Waals surface area contributed by atoms with Gasteiger partial charge in [0.15, 0.2) is 0 Å². The average Bonchev–Trinajstić information content (AvgIpc) is 2.50. The van der Waals surface area contributed by atoms with E-state index in [0.29, 0.717) is 13.0 Å². The maximum Gasteiger partial charge on any atom is 0.378 e. The van der Waals surface area contributed by atoms with E-state index in [0.717, 1.165) is 6.42 Å². The molecule has 2 radical (unpaired) electrons. The van der Waals surface area contributed by atoms with E-state index in [2.05, 4.69) is 12.7 Å². The van der Waals surface area contributed by atoms with Crippen LogP contribution in [0.15, 0.2) is 0 Å². The van der Waals surface area contributed by atoms with Crippen LogP contribution in [0.25, 0.3) is 0 Å². The average molecular weight is 168 g/mol. The zero-order valence-electron chi connectivity index (χ0n) is 6.53. The van der Waals surface area contributed by atoms with E-state index in [1.807, 2.05) is 0 Å². The predicted octanol–water partition coefficient (Wildman–Crippen LogP) is -0.844. The van der Waals surface area contributed by atoms with Gasteiger partial charge in [-0.05, 0) is 12.8 Å². The Morgan fingerprint density at radius 3 is 2.75 bits per heavy atom. The lowest BCUT2D eigenvalue weighted by Crippen LogP contribution is -2.44. The number of carbonyl (C=O) groups is 2. The highest BCUT2D eigenvalue weighted by molar-refractivity contribution is 6.06. The molecule has 1 unspecified atom stereocenters. The van der Waals surface area contributed by atoms with E-state index in [9.17, 15) is 9.59 Å². The van der Waals surface area contributed by atoms with Crippen LogP contribution in [-0.4, -0.2) is 37.5 Å². The quantitative estimate of drug-likeness (QED) is 0.518. The summed E-state index contributed by atoms with van der Waals surface area (Å²) < 4.78 is 4.03. The van der Waals surface area contributed by atoms with Crippen molar-refractivity contribution in [1.29, 1.82) is 0 Å². The van der Waals surface area contributed by atoms with Crippen LogP contribution in [0.1, 0.15) is 12.8 Å². The second-order valence-electron chi connectivity index (χ2n) is 2.63. The minimum atomic E-state index is -0.608. The van der Waals surface area contributed by atoms with Crippen LogP contribution in [0.5, 0.6) is 0 Å². The molecule has 12 heavy (non-hydrogen) atoms. The van der Waals surface area contributed by atoms with Crippen molar-refractivity contribution in [2.45, 2.75) is 18.9 Å². The highest BCUT2D eigenvalue weighted by atomic mass is 16.5. The number of amides is 2. The van der Waals surface area contributed by atoms with Gasteiger partial charge < -0.3 is 15.3 Å². The Bertz CT molecular complexity index is 209. The summed E-state index contributed by atoms with van der Waals surface area (Å²) in [5.41, 5.74) is 5.02. The summed E-state index contributed by atoms with van der Waals surface area (Å²) in [6.07, 6.45) is 1.32. The van der Waals surface area contributed by atoms with E-state index in [1.165, 1.54) is 4.90 Å². The molecule has 1 aliphatic heterocycles. The lowest BCUT2D eigenvalue weighted by atomic mass is 10.2. The Balaban J connectivity index is 2.63. The lowest BCUT2D eigenvalue weighted by molar-refractivity contribution is -0.138. The van der Waals surface area contributed by atoms with Crippen LogP contribution >= 0.6 is 0 Å². The third-order valence-electron chi connectivity index (χ3n) is 1.92. The Labute approximate surface area is 71.3 Å². The maximum absolute atomic E-state index is 10.9. The molecule has 0 spiro atoms. The number of rotatable bonds is 1. The fraction of sp³-hybridized carbons (Fsp3) is 0.667. The zero-order valence-corrected chi connectivity index (χ0v) is 6.53. The standard InChI is InChI=1S/C6H9BN2O3/c7-12-5(10)4-2-1-3-9(4)6(8)11/h4H,1-3H2,(H2,8,11). The molecule has 0 aliphatic carbocycles. The number of hydrogen-bond donors (Lipinski definition) is 1. The Hall–Kier alpha value is -1.20. The van der Waals surface area contributed by atoms with E-state index < -0.39 is 18.0 Å². The van der Waals surface area contributed by atoms with Crippen LogP contribution in [0.3, 0.4) is 0 Å². The van der Waals surface area contributed by atoms with Gasteiger partial charge in [-0.2, -0.15) is 0 Å². The van der Waals surface area contributed by atoms with Crippen LogP contribution < -0.4 is 5.73 Å². The van der Waals surface area contributed by atoms with Crippen molar-refractivity contribution in [3.05, 3.63) is 0 Å². The van der Waals surface area contributed by atoms with Gasteiger partial charge in [0.2, 0.25) is 0 Å². The van der Waals surface area contributed by atoms with Crippen molar-refractivity contribution in [2.75, 3.05) is 6.54 Å². The lowest BCUT2D eigenvalue weighted by Gasteiger charge is -2.20. The van der Waals surface area contributed by atoms with E-state index >= 15 is 0 Å². The van der Waals surface area contributed by atoms with Gasteiger partial charge in [-0.25, -0.2) is 4.79 Å². The number of carbonyl (C=O) groups excluding carboxylic acids is 2. The molecule has 5 nitrogen and oxygen atoms in total. The molecule has 1 saturated heterocycles. The Morgan fingerprint density at radius 2 is 2.25 bits per heavy atom. The molecule has 0 aromatic carbocycles. The van der Waals surface area contributed by atoms with Gasteiger partial charge in [-0.15, -0.1) is 0 Å². The second kappa shape index (κ2) is 3.47. The molecular weight excluding hydrogens is 159 g/mol. The van der Waals surface area contributed by atoms with Crippen molar-refractivity contribution >= 4 is 20.0 Å². The van der Waals surface area contributed by atoms with Crippen molar-refractivity contribution in [3.63, 3.8) is 0 Å². The summed E-state index contributed by atoms with van der Waals surface area (Å²) in [7, 11) is 4.69. The predicted molar refractivity (Wildman–Crippen MR) is 41.2 cm³/mol. The number of likely N-dealkylation sites (tertiary alicyclic amines) is 1. The fourth-order valence-corrected chi connectivity index (χ4v) is 1.35. The molecule has 0 saturated carbocycles. The minimum Gasteiger partial charge on any atom is -0.542 e. The number of hydrogen-bond acceptors (Lipinski definition) is 3. The molecule has 1 heterocycles. The first kappa shape index (κ1) is 8.90. The second-order valence-corrected chi connectivity index (χ2v) is 2.63. The smallest absolute Gasteiger partial charge is 0.378 e. The first-order chi connectivity index (χ1) is 5.66. The molecule has 1 aliphatic rings. The Kier molecular flexibility index (Phi) is 2.57. The van der Waals surface area contributed by atoms with Crippen LogP contribution in [0, 0.1) is 0 Å². The van der Waals surface area contributed by atoms with Crippen LogP contribution in [0.2, 0.25) is 0 Å². The molecule has 1 fully saturated rings. The number of nitrogens with zero attached hydrogens (tertiary/aromatic N) is 1. The molecule has 0 bridgehead atoms. The van der Waals surface area contributed by atoms with E-state index in [4.69, 9.17) is 5.73 Å². The van der Waals surface area contributed by atoms with Gasteiger partial charge in [0, 0.05) is 6.54 Å². The van der Waals surface area contributed by atoms with Crippen LogP contribution in [-0.2, 0) is 9.45 Å². The summed E-state index contributed by atoms with van der Waals surface area (Å²) in [4.78, 5) is 22.9. The number of urea groups is 1. The first-order valence-corrected chi connectivity index (χ1v) is 3.63. The molecule has 6 heteroatoms. The SMILES string of the molecule is [B]OC(=O)C1CCCN1C(N)=O. The van der Waals surface area contributed by atoms with Gasteiger partial charge in [-0.1, -0.05) is 0 Å². The topological polar surface area (TPSA) is 72.6 Å². The van der Waals surface area contributed by atoms with E-state index in [-0.39, 0.29) is 0 Å². The van der Waals surface area contributed by atoms with E-state index in [1.54, 1.807) is 0 Å². The summed E-state index contributed by atoms with van der Waals surface area (Å²) >= 11 is 0. The third kappa shape index (κ3) is 1.52. The largest absolute Gasteiger partial charge is 0.542 e. The van der Waals surface area contributed by atoms with Gasteiger partial charge >= 0.3 is 20.0 Å². The van der Waals surface area contributed by atoms with Crippen molar-refractivity contribution < 1.29 is 14.2 Å². The molecule has 1 rings (SSSR count). The summed E-state index contributed by atoms with van der Waals surface area (Å²) in [5, 5.41) is 0. The molecule has 64 valence electrons. The molecule has 0 aromatic rings. The number of primary amides is 1. The van der Waals surface area contributed by atoms with Crippen molar-refractivity contribution in [1.82, 2.24) is 4.90 Å². The monoisotopic (exact) mass is 168 g/mol. The fourth-order valence-electron chi connectivity index (χ4n) is 1.35. The van der Waals surface area contributed by atoms with Gasteiger partial charge in [0.05, 0.1) is 0 Å². The van der Waals surface area contributed by atoms with Crippen molar-refractivity contribution in [3.8, 4) is 0 Å². The van der Waals surface area contributed by atoms with Gasteiger partial charge in [-0.3, -0.25) is 4.79 Å². The summed E-state index contributed by atoms with van der Waals surface area (Å²) in [6, 6.07) is -1.20.